The number of fused-ring (bicyclic) bond motifs is 1. The van der Waals surface area contributed by atoms with E-state index < -0.39 is 17.8 Å². The number of carbonyl (C=O) groups excluding carboxylic acids is 2. The van der Waals surface area contributed by atoms with E-state index in [1.165, 1.54) is 11.8 Å². The molecule has 2 aliphatic heterocycles. The highest BCUT2D eigenvalue weighted by Gasteiger charge is 2.39. The highest BCUT2D eigenvalue weighted by atomic mass is 32.2. The second-order valence-electron chi connectivity index (χ2n) is 3.10. The summed E-state index contributed by atoms with van der Waals surface area (Å²) in [6, 6.07) is 0. The molecular formula is C9H9N3O3S. The van der Waals surface area contributed by atoms with Crippen LogP contribution in [0.1, 0.15) is 6.92 Å². The topological polar surface area (TPSA) is 94.1 Å². The Hall–Kier alpha value is -1.63. The maximum atomic E-state index is 11.6. The second-order valence-corrected chi connectivity index (χ2v) is 3.99. The smallest absolute Gasteiger partial charge is 0.335 e. The van der Waals surface area contributed by atoms with Crippen LogP contribution in [-0.2, 0) is 14.3 Å². The fourth-order valence-electron chi connectivity index (χ4n) is 1.42. The van der Waals surface area contributed by atoms with Gasteiger partial charge in [-0.25, -0.2) is 9.79 Å². The number of thioether (sulfide) groups is 1. The van der Waals surface area contributed by atoms with E-state index >= 15 is 0 Å². The van der Waals surface area contributed by atoms with E-state index in [1.54, 1.807) is 12.3 Å². The number of nitrogens with two attached hydrogens (primary N) is 1. The molecule has 0 radical (unpaired) electrons. The van der Waals surface area contributed by atoms with E-state index in [1.807, 2.05) is 0 Å². The van der Waals surface area contributed by atoms with E-state index in [4.69, 9.17) is 10.5 Å². The van der Waals surface area contributed by atoms with Gasteiger partial charge in [0, 0.05) is 0 Å². The molecule has 0 aliphatic carbocycles. The van der Waals surface area contributed by atoms with E-state index in [9.17, 15) is 9.59 Å². The van der Waals surface area contributed by atoms with Crippen molar-refractivity contribution in [2.45, 2.75) is 6.92 Å². The van der Waals surface area contributed by atoms with Crippen LogP contribution < -0.4 is 5.73 Å². The number of ether oxygens (including phenoxy) is 1. The van der Waals surface area contributed by atoms with Gasteiger partial charge in [0.2, 0.25) is 5.96 Å². The van der Waals surface area contributed by atoms with Crippen molar-refractivity contribution in [3.05, 3.63) is 11.0 Å². The molecule has 0 saturated heterocycles. The molecule has 2 aliphatic rings. The summed E-state index contributed by atoms with van der Waals surface area (Å²) in [7, 11) is 0. The van der Waals surface area contributed by atoms with Gasteiger partial charge in [-0.3, -0.25) is 4.79 Å². The van der Waals surface area contributed by atoms with Gasteiger partial charge >= 0.3 is 5.97 Å². The van der Waals surface area contributed by atoms with E-state index in [0.717, 1.165) is 0 Å². The molecule has 0 fully saturated rings. The summed E-state index contributed by atoms with van der Waals surface area (Å²) < 4.78 is 4.84. The standard InChI is InChI=1S/C9H9N3O3S/c1-2-15-8(14)4-3-16-7-5(4)6(13)11-9(10)12-7/h3,5H,2H2,1H3,(H2,10,11,13)/t5-/m1/s1. The predicted octanol–water partition coefficient (Wildman–Crippen LogP) is 0.0498. The van der Waals surface area contributed by atoms with E-state index in [-0.39, 0.29) is 18.1 Å². The van der Waals surface area contributed by atoms with Crippen LogP contribution in [0.2, 0.25) is 0 Å². The van der Waals surface area contributed by atoms with Crippen LogP contribution in [0.15, 0.2) is 21.0 Å². The van der Waals surface area contributed by atoms with Gasteiger partial charge in [-0.05, 0) is 12.3 Å². The van der Waals surface area contributed by atoms with Gasteiger partial charge in [0.15, 0.2) is 0 Å². The van der Waals surface area contributed by atoms with Crippen LogP contribution in [0.5, 0.6) is 0 Å². The number of nitrogens with zero attached hydrogens (tertiary/aromatic N) is 2. The molecular weight excluding hydrogens is 230 g/mol. The van der Waals surface area contributed by atoms with Crippen molar-refractivity contribution in [2.24, 2.45) is 21.6 Å². The first kappa shape index (κ1) is 10.9. The molecule has 1 amide bonds. The molecule has 7 heteroatoms. The summed E-state index contributed by atoms with van der Waals surface area (Å²) >= 11 is 1.20. The normalized spacial score (nSPS) is 23.2. The van der Waals surface area contributed by atoms with Crippen LogP contribution in [0.3, 0.4) is 0 Å². The Labute approximate surface area is 95.6 Å². The Morgan fingerprint density at radius 3 is 3.06 bits per heavy atom. The predicted molar refractivity (Wildman–Crippen MR) is 59.9 cm³/mol. The molecule has 2 heterocycles. The minimum atomic E-state index is -0.726. The van der Waals surface area contributed by atoms with Crippen molar-refractivity contribution in [1.82, 2.24) is 0 Å². The number of esters is 1. The van der Waals surface area contributed by atoms with Crippen LogP contribution in [0, 0.1) is 5.92 Å². The van der Waals surface area contributed by atoms with Crippen molar-refractivity contribution >= 4 is 34.6 Å². The van der Waals surface area contributed by atoms with Crippen molar-refractivity contribution < 1.29 is 14.3 Å². The summed E-state index contributed by atoms with van der Waals surface area (Å²) in [6.07, 6.45) is 0. The SMILES string of the molecule is CCOC(=O)C1=CSC2=NC(N)=NC(=O)[C@@H]12. The third kappa shape index (κ3) is 1.73. The van der Waals surface area contributed by atoms with Crippen molar-refractivity contribution in [1.29, 1.82) is 0 Å². The Morgan fingerprint density at radius 2 is 2.38 bits per heavy atom. The maximum absolute atomic E-state index is 11.6. The van der Waals surface area contributed by atoms with Gasteiger partial charge in [-0.15, -0.1) is 0 Å². The second kappa shape index (κ2) is 4.09. The molecule has 0 saturated carbocycles. The van der Waals surface area contributed by atoms with E-state index in [0.29, 0.717) is 5.04 Å². The minimum absolute atomic E-state index is 0.0674. The Balaban J connectivity index is 2.25. The lowest BCUT2D eigenvalue weighted by Crippen LogP contribution is -2.31. The zero-order chi connectivity index (χ0) is 11.7. The average molecular weight is 239 g/mol. The first-order valence-electron chi connectivity index (χ1n) is 4.64. The monoisotopic (exact) mass is 239 g/mol. The molecule has 16 heavy (non-hydrogen) atoms. The summed E-state index contributed by atoms with van der Waals surface area (Å²) in [5, 5.41) is 2.05. The quantitative estimate of drug-likeness (QED) is 0.687. The molecule has 6 nitrogen and oxygen atoms in total. The molecule has 0 unspecified atom stereocenters. The zero-order valence-electron chi connectivity index (χ0n) is 8.47. The number of rotatable bonds is 2. The molecule has 84 valence electrons. The lowest BCUT2D eigenvalue weighted by Gasteiger charge is -2.13. The first-order chi connectivity index (χ1) is 7.63. The molecule has 0 aromatic carbocycles. The number of hydrogen-bond acceptors (Lipinski definition) is 6. The largest absolute Gasteiger partial charge is 0.463 e. The zero-order valence-corrected chi connectivity index (χ0v) is 9.28. The van der Waals surface area contributed by atoms with E-state index in [2.05, 4.69) is 9.98 Å². The van der Waals surface area contributed by atoms with Gasteiger partial charge in [0.1, 0.15) is 5.92 Å². The molecule has 0 aromatic rings. The van der Waals surface area contributed by atoms with Crippen molar-refractivity contribution in [3.63, 3.8) is 0 Å². The number of hydrogen-bond donors (Lipinski definition) is 1. The van der Waals surface area contributed by atoms with Crippen molar-refractivity contribution in [2.75, 3.05) is 6.61 Å². The summed E-state index contributed by atoms with van der Waals surface area (Å²) in [5.41, 5.74) is 5.63. The highest BCUT2D eigenvalue weighted by Crippen LogP contribution is 2.34. The lowest BCUT2D eigenvalue weighted by atomic mass is 10.0. The maximum Gasteiger partial charge on any atom is 0.335 e. The Morgan fingerprint density at radius 1 is 1.62 bits per heavy atom. The van der Waals surface area contributed by atoms with Crippen LogP contribution in [0.4, 0.5) is 0 Å². The third-order valence-corrected chi connectivity index (χ3v) is 3.01. The summed E-state index contributed by atoms with van der Waals surface area (Å²) in [5.74, 6) is -1.76. The van der Waals surface area contributed by atoms with Crippen LogP contribution >= 0.6 is 11.8 Å². The summed E-state index contributed by atoms with van der Waals surface area (Å²) in [4.78, 5) is 30.6. The molecule has 0 bridgehead atoms. The van der Waals surface area contributed by atoms with Gasteiger partial charge in [-0.2, -0.15) is 4.99 Å². The van der Waals surface area contributed by atoms with Crippen LogP contribution in [0.25, 0.3) is 0 Å². The lowest BCUT2D eigenvalue weighted by molar-refractivity contribution is -0.139. The fraction of sp³-hybridized carbons (Fsp3) is 0.333. The fourth-order valence-corrected chi connectivity index (χ4v) is 2.41. The Kier molecular flexibility index (Phi) is 2.78. The average Bonchev–Trinajstić information content (AvgIpc) is 2.61. The third-order valence-electron chi connectivity index (χ3n) is 2.07. The minimum Gasteiger partial charge on any atom is -0.463 e. The number of guanidine groups is 1. The number of amides is 1. The number of aliphatic imine (C=N–C) groups is 2. The number of carbonyl (C=O) groups is 2. The molecule has 0 spiro atoms. The molecule has 1 atom stereocenters. The van der Waals surface area contributed by atoms with Gasteiger partial charge < -0.3 is 10.5 Å². The van der Waals surface area contributed by atoms with Gasteiger partial charge in [0.05, 0.1) is 17.2 Å². The Bertz CT molecular complexity index is 453. The van der Waals surface area contributed by atoms with Gasteiger partial charge in [-0.1, -0.05) is 11.8 Å². The molecule has 2 rings (SSSR count). The van der Waals surface area contributed by atoms with Crippen molar-refractivity contribution in [3.8, 4) is 0 Å². The molecule has 0 aromatic heterocycles. The first-order valence-corrected chi connectivity index (χ1v) is 5.52. The van der Waals surface area contributed by atoms with Gasteiger partial charge in [0.25, 0.3) is 5.91 Å². The summed E-state index contributed by atoms with van der Waals surface area (Å²) in [6.45, 7) is 1.97. The molecule has 2 N–H and O–H groups in total. The van der Waals surface area contributed by atoms with Crippen LogP contribution in [-0.4, -0.2) is 29.5 Å². The highest BCUT2D eigenvalue weighted by molar-refractivity contribution is 8.17.